The second kappa shape index (κ2) is 4.27. The van der Waals surface area contributed by atoms with Gasteiger partial charge in [0.2, 0.25) is 5.78 Å². The van der Waals surface area contributed by atoms with Crippen LogP contribution in [0.4, 0.5) is 0 Å². The molecule has 5 heteroatoms. The predicted molar refractivity (Wildman–Crippen MR) is 58.0 cm³/mol. The molecule has 0 saturated heterocycles. The lowest BCUT2D eigenvalue weighted by molar-refractivity contribution is 0.103. The molecular formula is C10H9N3OS. The normalized spacial score (nSPS) is 10.2. The van der Waals surface area contributed by atoms with E-state index in [2.05, 4.69) is 15.4 Å². The summed E-state index contributed by atoms with van der Waals surface area (Å²) in [4.78, 5) is 12.0. The van der Waals surface area contributed by atoms with Crippen molar-refractivity contribution in [2.24, 2.45) is 0 Å². The van der Waals surface area contributed by atoms with Crippen molar-refractivity contribution >= 4 is 17.5 Å². The minimum atomic E-state index is -0.103. The molecule has 0 atom stereocenters. The van der Waals surface area contributed by atoms with E-state index in [1.807, 2.05) is 24.5 Å². The number of rotatable bonds is 3. The van der Waals surface area contributed by atoms with Gasteiger partial charge in [0, 0.05) is 5.56 Å². The maximum Gasteiger partial charge on any atom is 0.216 e. The van der Waals surface area contributed by atoms with Gasteiger partial charge in [0.1, 0.15) is 5.03 Å². The smallest absolute Gasteiger partial charge is 0.216 e. The molecule has 2 aromatic rings. The second-order valence-corrected chi connectivity index (χ2v) is 3.67. The molecule has 0 spiro atoms. The van der Waals surface area contributed by atoms with Gasteiger partial charge in [-0.15, -0.1) is 16.9 Å². The van der Waals surface area contributed by atoms with Crippen LogP contribution in [0.2, 0.25) is 0 Å². The molecule has 1 N–H and O–H groups in total. The van der Waals surface area contributed by atoms with E-state index in [4.69, 9.17) is 0 Å². The summed E-state index contributed by atoms with van der Waals surface area (Å²) in [6.07, 6.45) is 1.86. The summed E-state index contributed by atoms with van der Waals surface area (Å²) in [5, 5.41) is 10.8. The van der Waals surface area contributed by atoms with Crippen LogP contribution in [0.5, 0.6) is 0 Å². The molecule has 0 saturated carbocycles. The van der Waals surface area contributed by atoms with Crippen LogP contribution in [0.3, 0.4) is 0 Å². The van der Waals surface area contributed by atoms with E-state index in [-0.39, 0.29) is 5.78 Å². The minimum absolute atomic E-state index is 0.103. The number of hydrogen-bond acceptors (Lipinski definition) is 4. The molecule has 0 aliphatic heterocycles. The molecule has 1 aromatic heterocycles. The summed E-state index contributed by atoms with van der Waals surface area (Å²) in [6, 6.07) is 9.05. The summed E-state index contributed by atoms with van der Waals surface area (Å²) in [7, 11) is 0. The molecule has 0 unspecified atom stereocenters. The van der Waals surface area contributed by atoms with Crippen LogP contribution >= 0.6 is 11.8 Å². The molecule has 2 rings (SSSR count). The molecule has 0 amide bonds. The van der Waals surface area contributed by atoms with Crippen LogP contribution in [-0.2, 0) is 0 Å². The third kappa shape index (κ3) is 1.92. The molecule has 4 nitrogen and oxygen atoms in total. The fourth-order valence-electron chi connectivity index (χ4n) is 1.24. The summed E-state index contributed by atoms with van der Waals surface area (Å²) >= 11 is 1.40. The first-order chi connectivity index (χ1) is 7.33. The third-order valence-electron chi connectivity index (χ3n) is 1.96. The number of thioether (sulfide) groups is 1. The lowest BCUT2D eigenvalue weighted by Crippen LogP contribution is -2.02. The van der Waals surface area contributed by atoms with E-state index in [1.165, 1.54) is 11.8 Å². The van der Waals surface area contributed by atoms with Crippen molar-refractivity contribution in [3.63, 3.8) is 0 Å². The minimum Gasteiger partial charge on any atom is -0.287 e. The standard InChI is InChI=1S/C10H9N3OS/c1-15-10-8(11-13-12-10)9(14)7-5-3-2-4-6-7/h2-6H,1H3,(H,11,12,13). The van der Waals surface area contributed by atoms with Crippen molar-refractivity contribution in [2.45, 2.75) is 5.03 Å². The van der Waals surface area contributed by atoms with Gasteiger partial charge in [-0.3, -0.25) is 4.79 Å². The first-order valence-electron chi connectivity index (χ1n) is 4.37. The highest BCUT2D eigenvalue weighted by molar-refractivity contribution is 7.98. The predicted octanol–water partition coefficient (Wildman–Crippen LogP) is 1.76. The average Bonchev–Trinajstić information content (AvgIpc) is 2.77. The number of H-pyrrole nitrogens is 1. The zero-order chi connectivity index (χ0) is 10.7. The van der Waals surface area contributed by atoms with Crippen LogP contribution in [-0.4, -0.2) is 27.4 Å². The van der Waals surface area contributed by atoms with E-state index in [1.54, 1.807) is 12.1 Å². The zero-order valence-electron chi connectivity index (χ0n) is 8.10. The molecule has 0 bridgehead atoms. The molecule has 76 valence electrons. The third-order valence-corrected chi connectivity index (χ3v) is 2.63. The SMILES string of the molecule is CSc1n[nH]nc1C(=O)c1ccccc1. The van der Waals surface area contributed by atoms with Gasteiger partial charge in [0.25, 0.3) is 0 Å². The van der Waals surface area contributed by atoms with Gasteiger partial charge < -0.3 is 0 Å². The van der Waals surface area contributed by atoms with Crippen LogP contribution in [0.1, 0.15) is 16.1 Å². The Balaban J connectivity index is 2.37. The van der Waals surface area contributed by atoms with Crippen molar-refractivity contribution in [2.75, 3.05) is 6.26 Å². The van der Waals surface area contributed by atoms with Gasteiger partial charge in [0.05, 0.1) is 0 Å². The van der Waals surface area contributed by atoms with E-state index in [0.29, 0.717) is 16.3 Å². The largest absolute Gasteiger partial charge is 0.287 e. The number of nitrogens with one attached hydrogen (secondary N) is 1. The van der Waals surface area contributed by atoms with Crippen LogP contribution in [0.15, 0.2) is 35.4 Å². The number of benzene rings is 1. The summed E-state index contributed by atoms with van der Waals surface area (Å²) in [5.41, 5.74) is 1.01. The van der Waals surface area contributed by atoms with Crippen LogP contribution in [0.25, 0.3) is 0 Å². The molecule has 0 aliphatic rings. The highest BCUT2D eigenvalue weighted by Crippen LogP contribution is 2.17. The summed E-state index contributed by atoms with van der Waals surface area (Å²) < 4.78 is 0. The Morgan fingerprint density at radius 3 is 2.67 bits per heavy atom. The van der Waals surface area contributed by atoms with Gasteiger partial charge >= 0.3 is 0 Å². The highest BCUT2D eigenvalue weighted by atomic mass is 32.2. The second-order valence-electron chi connectivity index (χ2n) is 2.88. The maximum absolute atomic E-state index is 12.0. The van der Waals surface area contributed by atoms with Gasteiger partial charge in [-0.2, -0.15) is 10.3 Å². The summed E-state index contributed by atoms with van der Waals surface area (Å²) in [6.45, 7) is 0. The number of hydrogen-bond donors (Lipinski definition) is 1. The van der Waals surface area contributed by atoms with E-state index in [0.717, 1.165) is 0 Å². The Bertz CT molecular complexity index is 467. The van der Waals surface area contributed by atoms with Crippen molar-refractivity contribution < 1.29 is 4.79 Å². The fourth-order valence-corrected chi connectivity index (χ4v) is 1.70. The monoisotopic (exact) mass is 219 g/mol. The Morgan fingerprint density at radius 1 is 1.27 bits per heavy atom. The molecule has 0 fully saturated rings. The Hall–Kier alpha value is -1.62. The van der Waals surface area contributed by atoms with Crippen molar-refractivity contribution in [1.29, 1.82) is 0 Å². The Morgan fingerprint density at radius 2 is 2.00 bits per heavy atom. The Labute approximate surface area is 91.1 Å². The number of carbonyl (C=O) groups excluding carboxylic acids is 1. The number of aromatic amines is 1. The number of nitrogens with zero attached hydrogens (tertiary/aromatic N) is 2. The molecule has 15 heavy (non-hydrogen) atoms. The first kappa shape index (κ1) is 9.92. The molecular weight excluding hydrogens is 210 g/mol. The van der Waals surface area contributed by atoms with Crippen LogP contribution in [0, 0.1) is 0 Å². The van der Waals surface area contributed by atoms with E-state index < -0.39 is 0 Å². The number of aromatic nitrogens is 3. The number of ketones is 1. The van der Waals surface area contributed by atoms with Crippen LogP contribution < -0.4 is 0 Å². The molecule has 0 aliphatic carbocycles. The lowest BCUT2D eigenvalue weighted by Gasteiger charge is -1.97. The summed E-state index contributed by atoms with van der Waals surface area (Å²) in [5.74, 6) is -0.103. The highest BCUT2D eigenvalue weighted by Gasteiger charge is 2.16. The van der Waals surface area contributed by atoms with Gasteiger partial charge in [-0.05, 0) is 6.26 Å². The molecule has 1 aromatic carbocycles. The van der Waals surface area contributed by atoms with Crippen molar-refractivity contribution in [1.82, 2.24) is 15.4 Å². The Kier molecular flexibility index (Phi) is 2.82. The fraction of sp³-hybridized carbons (Fsp3) is 0.100. The first-order valence-corrected chi connectivity index (χ1v) is 5.60. The van der Waals surface area contributed by atoms with Gasteiger partial charge in [-0.1, -0.05) is 30.3 Å². The number of carbonyl (C=O) groups is 1. The van der Waals surface area contributed by atoms with Crippen molar-refractivity contribution in [3.8, 4) is 0 Å². The van der Waals surface area contributed by atoms with E-state index in [9.17, 15) is 4.79 Å². The van der Waals surface area contributed by atoms with Gasteiger partial charge in [0.15, 0.2) is 5.69 Å². The average molecular weight is 219 g/mol. The van der Waals surface area contributed by atoms with Crippen molar-refractivity contribution in [3.05, 3.63) is 41.6 Å². The van der Waals surface area contributed by atoms with Gasteiger partial charge in [-0.25, -0.2) is 0 Å². The zero-order valence-corrected chi connectivity index (χ0v) is 8.91. The maximum atomic E-state index is 12.0. The lowest BCUT2D eigenvalue weighted by atomic mass is 10.1. The quantitative estimate of drug-likeness (QED) is 0.631. The molecule has 1 heterocycles. The van der Waals surface area contributed by atoms with E-state index >= 15 is 0 Å². The topological polar surface area (TPSA) is 58.6 Å². The molecule has 0 radical (unpaired) electrons.